The van der Waals surface area contributed by atoms with Crippen LogP contribution in [0.15, 0.2) is 18.2 Å². The third kappa shape index (κ3) is 2.19. The van der Waals surface area contributed by atoms with E-state index in [2.05, 4.69) is 0 Å². The molecule has 0 spiro atoms. The first kappa shape index (κ1) is 10.0. The van der Waals surface area contributed by atoms with Gasteiger partial charge in [0, 0.05) is 5.56 Å². The fourth-order valence-corrected chi connectivity index (χ4v) is 1.24. The lowest BCUT2D eigenvalue weighted by molar-refractivity contribution is 0.604. The Morgan fingerprint density at radius 3 is 2.85 bits per heavy atom. The van der Waals surface area contributed by atoms with Gasteiger partial charge in [0.25, 0.3) is 0 Å². The van der Waals surface area contributed by atoms with Gasteiger partial charge in [-0.1, -0.05) is 6.92 Å². The van der Waals surface area contributed by atoms with E-state index in [1.54, 1.807) is 0 Å². The van der Waals surface area contributed by atoms with Gasteiger partial charge in [0.05, 0.1) is 17.0 Å². The summed E-state index contributed by atoms with van der Waals surface area (Å²) >= 11 is 5.88. The van der Waals surface area contributed by atoms with Crippen molar-refractivity contribution in [2.45, 2.75) is 18.7 Å². The highest BCUT2D eigenvalue weighted by molar-refractivity contribution is 6.20. The summed E-state index contributed by atoms with van der Waals surface area (Å²) in [7, 11) is 0. The molecule has 0 saturated heterocycles. The van der Waals surface area contributed by atoms with E-state index in [4.69, 9.17) is 16.9 Å². The Morgan fingerprint density at radius 1 is 1.62 bits per heavy atom. The van der Waals surface area contributed by atoms with Crippen molar-refractivity contribution < 1.29 is 4.39 Å². The smallest absolute Gasteiger partial charge is 0.127 e. The van der Waals surface area contributed by atoms with Gasteiger partial charge in [-0.05, 0) is 24.6 Å². The molecule has 0 amide bonds. The molecule has 1 nitrogen and oxygen atoms in total. The van der Waals surface area contributed by atoms with Crippen LogP contribution in [0.25, 0.3) is 0 Å². The number of benzene rings is 1. The lowest BCUT2D eigenvalue weighted by Gasteiger charge is -2.07. The molecule has 0 aliphatic heterocycles. The molecular weight excluding hydrogens is 189 g/mol. The number of nitrogens with zero attached hydrogens (tertiary/aromatic N) is 1. The molecule has 1 rings (SSSR count). The second-order valence-electron chi connectivity index (χ2n) is 2.72. The monoisotopic (exact) mass is 197 g/mol. The highest BCUT2D eigenvalue weighted by Crippen LogP contribution is 2.26. The van der Waals surface area contributed by atoms with Crippen molar-refractivity contribution in [3.05, 3.63) is 35.1 Å². The summed E-state index contributed by atoms with van der Waals surface area (Å²) in [6, 6.07) is 6.16. The zero-order chi connectivity index (χ0) is 9.84. The van der Waals surface area contributed by atoms with E-state index in [-0.39, 0.29) is 11.2 Å². The molecule has 0 aromatic heterocycles. The second kappa shape index (κ2) is 4.25. The Labute approximate surface area is 81.8 Å². The third-order valence-electron chi connectivity index (χ3n) is 1.82. The van der Waals surface area contributed by atoms with Crippen LogP contribution in [-0.2, 0) is 0 Å². The van der Waals surface area contributed by atoms with Crippen LogP contribution < -0.4 is 0 Å². The molecule has 0 N–H and O–H groups in total. The van der Waals surface area contributed by atoms with Crippen molar-refractivity contribution in [2.75, 3.05) is 0 Å². The van der Waals surface area contributed by atoms with Gasteiger partial charge in [-0.2, -0.15) is 5.26 Å². The summed E-state index contributed by atoms with van der Waals surface area (Å²) < 4.78 is 13.1. The average molecular weight is 198 g/mol. The number of hydrogen-bond donors (Lipinski definition) is 0. The molecule has 0 aliphatic rings. The molecule has 0 aliphatic carbocycles. The van der Waals surface area contributed by atoms with Gasteiger partial charge in [-0.3, -0.25) is 0 Å². The molecule has 3 heteroatoms. The minimum absolute atomic E-state index is 0.346. The van der Waals surface area contributed by atoms with Crippen LogP contribution in [0, 0.1) is 17.1 Å². The Morgan fingerprint density at radius 2 is 2.31 bits per heavy atom. The number of alkyl halides is 1. The molecule has 0 saturated carbocycles. The van der Waals surface area contributed by atoms with Crippen molar-refractivity contribution in [1.29, 1.82) is 5.26 Å². The van der Waals surface area contributed by atoms with E-state index in [0.29, 0.717) is 17.5 Å². The first-order valence-electron chi connectivity index (χ1n) is 4.02. The molecule has 0 radical (unpaired) electrons. The summed E-state index contributed by atoms with van der Waals surface area (Å²) in [6.07, 6.45) is 0.646. The highest BCUT2D eigenvalue weighted by atomic mass is 35.5. The molecule has 1 atom stereocenters. The lowest BCUT2D eigenvalue weighted by Crippen LogP contribution is -1.94. The molecule has 1 aromatic rings. The maximum Gasteiger partial charge on any atom is 0.127 e. The maximum absolute atomic E-state index is 13.1. The third-order valence-corrected chi connectivity index (χ3v) is 2.36. The predicted molar refractivity (Wildman–Crippen MR) is 50.0 cm³/mol. The van der Waals surface area contributed by atoms with Crippen LogP contribution in [0.4, 0.5) is 4.39 Å². The fourth-order valence-electron chi connectivity index (χ4n) is 1.07. The zero-order valence-electron chi connectivity index (χ0n) is 7.22. The van der Waals surface area contributed by atoms with E-state index in [0.717, 1.165) is 0 Å². The Hall–Kier alpha value is -1.07. The molecule has 68 valence electrons. The van der Waals surface area contributed by atoms with Gasteiger partial charge in [0.15, 0.2) is 0 Å². The Balaban J connectivity index is 3.12. The van der Waals surface area contributed by atoms with E-state index in [1.807, 2.05) is 13.0 Å². The van der Waals surface area contributed by atoms with E-state index in [1.165, 1.54) is 18.2 Å². The van der Waals surface area contributed by atoms with E-state index < -0.39 is 0 Å². The SMILES string of the molecule is CCC(Cl)c1cc(C#N)ccc1F. The summed E-state index contributed by atoms with van der Waals surface area (Å²) in [4.78, 5) is 0. The van der Waals surface area contributed by atoms with E-state index >= 15 is 0 Å². The minimum atomic E-state index is -0.353. The standard InChI is InChI=1S/C10H9ClFN/c1-2-9(11)8-5-7(6-13)3-4-10(8)12/h3-5,9H,2H2,1H3. The van der Waals surface area contributed by atoms with Crippen LogP contribution in [0.1, 0.15) is 29.8 Å². The maximum atomic E-state index is 13.1. The van der Waals surface area contributed by atoms with Crippen molar-refractivity contribution in [1.82, 2.24) is 0 Å². The van der Waals surface area contributed by atoms with Gasteiger partial charge in [-0.15, -0.1) is 11.6 Å². The molecule has 0 fully saturated rings. The van der Waals surface area contributed by atoms with Crippen molar-refractivity contribution >= 4 is 11.6 Å². The largest absolute Gasteiger partial charge is 0.207 e. The first-order chi connectivity index (χ1) is 6.19. The Kier molecular flexibility index (Phi) is 3.27. The summed E-state index contributed by atoms with van der Waals surface area (Å²) in [5.74, 6) is -0.346. The summed E-state index contributed by atoms with van der Waals surface area (Å²) in [5.41, 5.74) is 0.846. The van der Waals surface area contributed by atoms with Gasteiger partial charge >= 0.3 is 0 Å². The highest BCUT2D eigenvalue weighted by Gasteiger charge is 2.11. The number of rotatable bonds is 2. The topological polar surface area (TPSA) is 23.8 Å². The average Bonchev–Trinajstić information content (AvgIpc) is 2.17. The van der Waals surface area contributed by atoms with Gasteiger partial charge < -0.3 is 0 Å². The Bertz CT molecular complexity index is 343. The van der Waals surface area contributed by atoms with Crippen LogP contribution in [0.2, 0.25) is 0 Å². The second-order valence-corrected chi connectivity index (χ2v) is 3.25. The fraction of sp³-hybridized carbons (Fsp3) is 0.300. The van der Waals surface area contributed by atoms with Gasteiger partial charge in [-0.25, -0.2) is 4.39 Å². The lowest BCUT2D eigenvalue weighted by atomic mass is 10.1. The van der Waals surface area contributed by atoms with Crippen LogP contribution in [0.3, 0.4) is 0 Å². The minimum Gasteiger partial charge on any atom is -0.207 e. The van der Waals surface area contributed by atoms with Crippen molar-refractivity contribution in [2.24, 2.45) is 0 Å². The molecule has 13 heavy (non-hydrogen) atoms. The van der Waals surface area contributed by atoms with Gasteiger partial charge in [0.1, 0.15) is 5.82 Å². The number of nitriles is 1. The summed E-state index contributed by atoms with van der Waals surface area (Å²) in [6.45, 7) is 1.87. The van der Waals surface area contributed by atoms with Crippen LogP contribution >= 0.6 is 11.6 Å². The predicted octanol–water partition coefficient (Wildman–Crippen LogP) is 3.39. The first-order valence-corrected chi connectivity index (χ1v) is 4.46. The van der Waals surface area contributed by atoms with Crippen molar-refractivity contribution in [3.63, 3.8) is 0 Å². The number of hydrogen-bond acceptors (Lipinski definition) is 1. The van der Waals surface area contributed by atoms with Crippen molar-refractivity contribution in [3.8, 4) is 6.07 Å². The van der Waals surface area contributed by atoms with E-state index in [9.17, 15) is 4.39 Å². The number of halogens is 2. The van der Waals surface area contributed by atoms with Crippen LogP contribution in [-0.4, -0.2) is 0 Å². The molecule has 0 bridgehead atoms. The zero-order valence-corrected chi connectivity index (χ0v) is 7.98. The molecule has 0 heterocycles. The van der Waals surface area contributed by atoms with Gasteiger partial charge in [0.2, 0.25) is 0 Å². The normalized spacial score (nSPS) is 12.2. The molecule has 1 aromatic carbocycles. The molecular formula is C10H9ClFN. The molecule has 1 unspecified atom stereocenters. The quantitative estimate of drug-likeness (QED) is 0.667. The van der Waals surface area contributed by atoms with Crippen LogP contribution in [0.5, 0.6) is 0 Å². The summed E-state index contributed by atoms with van der Waals surface area (Å²) in [5, 5.41) is 8.24.